The van der Waals surface area contributed by atoms with E-state index in [9.17, 15) is 0 Å². The van der Waals surface area contributed by atoms with Gasteiger partial charge in [0.05, 0.1) is 19.4 Å². The van der Waals surface area contributed by atoms with Crippen LogP contribution >= 0.6 is 0 Å². The zero-order valence-electron chi connectivity index (χ0n) is 12.7. The second-order valence-electron chi connectivity index (χ2n) is 5.13. The van der Waals surface area contributed by atoms with E-state index in [1.807, 2.05) is 19.2 Å². The van der Waals surface area contributed by atoms with Gasteiger partial charge in [0.25, 0.3) is 0 Å². The van der Waals surface area contributed by atoms with E-state index in [-0.39, 0.29) is 0 Å². The van der Waals surface area contributed by atoms with Crippen LogP contribution in [-0.2, 0) is 11.8 Å². The fourth-order valence-electron chi connectivity index (χ4n) is 2.32. The van der Waals surface area contributed by atoms with Crippen molar-refractivity contribution in [3.63, 3.8) is 0 Å². The van der Waals surface area contributed by atoms with Gasteiger partial charge >= 0.3 is 0 Å². The molecule has 1 saturated heterocycles. The Kier molecular flexibility index (Phi) is 4.81. The molecular formula is C14H21N7O. The molecular weight excluding hydrogens is 282 g/mol. The smallest absolute Gasteiger partial charge is 0.137 e. The molecule has 3 rings (SSSR count). The fourth-order valence-corrected chi connectivity index (χ4v) is 2.32. The Morgan fingerprint density at radius 3 is 2.82 bits per heavy atom. The van der Waals surface area contributed by atoms with Crippen LogP contribution in [0.15, 0.2) is 24.7 Å². The minimum absolute atomic E-state index is 0.743. The summed E-state index contributed by atoms with van der Waals surface area (Å²) in [4.78, 5) is 10.9. The lowest BCUT2D eigenvalue weighted by Gasteiger charge is -2.26. The Morgan fingerprint density at radius 2 is 2.05 bits per heavy atom. The minimum atomic E-state index is 0.743. The Morgan fingerprint density at radius 1 is 1.23 bits per heavy atom. The summed E-state index contributed by atoms with van der Waals surface area (Å²) in [6.45, 7) is 5.48. The molecule has 0 saturated carbocycles. The van der Waals surface area contributed by atoms with Crippen LogP contribution in [0, 0.1) is 0 Å². The largest absolute Gasteiger partial charge is 0.379 e. The van der Waals surface area contributed by atoms with Gasteiger partial charge in [-0.3, -0.25) is 9.58 Å². The molecule has 0 aliphatic carbocycles. The van der Waals surface area contributed by atoms with Crippen LogP contribution in [0.2, 0.25) is 0 Å². The maximum absolute atomic E-state index is 5.34. The van der Waals surface area contributed by atoms with Crippen LogP contribution in [0.3, 0.4) is 0 Å². The average Bonchev–Trinajstić information content (AvgIpc) is 2.94. The molecule has 0 unspecified atom stereocenters. The highest BCUT2D eigenvalue weighted by atomic mass is 16.5. The minimum Gasteiger partial charge on any atom is -0.379 e. The summed E-state index contributed by atoms with van der Waals surface area (Å²) >= 11 is 0. The van der Waals surface area contributed by atoms with Gasteiger partial charge in [-0.1, -0.05) is 0 Å². The molecule has 0 spiro atoms. The highest BCUT2D eigenvalue weighted by Gasteiger charge is 2.09. The van der Waals surface area contributed by atoms with Crippen molar-refractivity contribution in [3.8, 4) is 0 Å². The van der Waals surface area contributed by atoms with Gasteiger partial charge in [0.2, 0.25) is 0 Å². The zero-order chi connectivity index (χ0) is 15.2. The van der Waals surface area contributed by atoms with Gasteiger partial charge in [-0.2, -0.15) is 5.10 Å². The lowest BCUT2D eigenvalue weighted by atomic mass is 10.4. The second kappa shape index (κ2) is 7.19. The topological polar surface area (TPSA) is 80.1 Å². The van der Waals surface area contributed by atoms with Gasteiger partial charge < -0.3 is 15.4 Å². The number of hydrogen-bond acceptors (Lipinski definition) is 7. The Hall–Kier alpha value is -2.19. The number of anilines is 3. The van der Waals surface area contributed by atoms with E-state index < -0.39 is 0 Å². The van der Waals surface area contributed by atoms with E-state index in [0.29, 0.717) is 0 Å². The first-order valence-electron chi connectivity index (χ1n) is 7.42. The van der Waals surface area contributed by atoms with Crippen LogP contribution in [0.4, 0.5) is 17.5 Å². The van der Waals surface area contributed by atoms with Gasteiger partial charge in [0.1, 0.15) is 23.8 Å². The molecule has 3 heterocycles. The molecule has 1 aliphatic heterocycles. The summed E-state index contributed by atoms with van der Waals surface area (Å²) in [5, 5.41) is 10.7. The molecule has 2 aromatic rings. The van der Waals surface area contributed by atoms with Crippen molar-refractivity contribution >= 4 is 17.5 Å². The summed E-state index contributed by atoms with van der Waals surface area (Å²) in [7, 11) is 1.88. The molecule has 2 aromatic heterocycles. The molecule has 0 bridgehead atoms. The molecule has 8 nitrogen and oxygen atoms in total. The van der Waals surface area contributed by atoms with Crippen molar-refractivity contribution in [2.75, 3.05) is 50.0 Å². The Balaban J connectivity index is 1.51. The third kappa shape index (κ3) is 3.92. The summed E-state index contributed by atoms with van der Waals surface area (Å²) in [5.74, 6) is 2.44. The van der Waals surface area contributed by atoms with Crippen LogP contribution in [0.25, 0.3) is 0 Å². The first-order chi connectivity index (χ1) is 10.8. The van der Waals surface area contributed by atoms with Gasteiger partial charge in [0, 0.05) is 45.4 Å². The summed E-state index contributed by atoms with van der Waals surface area (Å²) in [5.41, 5.74) is 0. The van der Waals surface area contributed by atoms with Gasteiger partial charge in [-0.25, -0.2) is 9.97 Å². The van der Waals surface area contributed by atoms with E-state index in [0.717, 1.165) is 56.8 Å². The van der Waals surface area contributed by atoms with Crippen LogP contribution in [0.1, 0.15) is 0 Å². The van der Waals surface area contributed by atoms with E-state index in [1.165, 1.54) is 0 Å². The first-order valence-corrected chi connectivity index (χ1v) is 7.42. The highest BCUT2D eigenvalue weighted by molar-refractivity contribution is 5.55. The van der Waals surface area contributed by atoms with Crippen LogP contribution < -0.4 is 10.6 Å². The lowest BCUT2D eigenvalue weighted by Crippen LogP contribution is -2.39. The van der Waals surface area contributed by atoms with Gasteiger partial charge in [0.15, 0.2) is 0 Å². The molecule has 1 aliphatic rings. The van der Waals surface area contributed by atoms with E-state index in [1.54, 1.807) is 17.2 Å². The predicted octanol–water partition coefficient (Wildman–Crippen LogP) is 0.698. The molecule has 0 amide bonds. The highest BCUT2D eigenvalue weighted by Crippen LogP contribution is 2.14. The van der Waals surface area contributed by atoms with Gasteiger partial charge in [-0.05, 0) is 0 Å². The molecule has 118 valence electrons. The summed E-state index contributed by atoms with van der Waals surface area (Å²) < 4.78 is 7.10. The van der Waals surface area contributed by atoms with Crippen molar-refractivity contribution in [2.24, 2.45) is 7.05 Å². The maximum atomic E-state index is 5.34. The van der Waals surface area contributed by atoms with Gasteiger partial charge in [-0.15, -0.1) is 0 Å². The number of morpholine rings is 1. The van der Waals surface area contributed by atoms with E-state index in [4.69, 9.17) is 4.74 Å². The summed E-state index contributed by atoms with van der Waals surface area (Å²) in [6.07, 6.45) is 3.29. The van der Waals surface area contributed by atoms with Crippen LogP contribution in [0.5, 0.6) is 0 Å². The van der Waals surface area contributed by atoms with Crippen molar-refractivity contribution < 1.29 is 4.74 Å². The van der Waals surface area contributed by atoms with E-state index >= 15 is 0 Å². The van der Waals surface area contributed by atoms with Crippen molar-refractivity contribution in [3.05, 3.63) is 24.7 Å². The summed E-state index contributed by atoms with van der Waals surface area (Å²) in [6, 6.07) is 3.79. The number of nitrogens with zero attached hydrogens (tertiary/aromatic N) is 5. The Bertz CT molecular complexity index is 594. The molecule has 0 radical (unpaired) electrons. The normalized spacial score (nSPS) is 15.7. The third-order valence-electron chi connectivity index (χ3n) is 3.58. The molecule has 0 aromatic carbocycles. The quantitative estimate of drug-likeness (QED) is 0.813. The predicted molar refractivity (Wildman–Crippen MR) is 84.3 cm³/mol. The fraction of sp³-hybridized carbons (Fsp3) is 0.500. The monoisotopic (exact) mass is 303 g/mol. The zero-order valence-corrected chi connectivity index (χ0v) is 12.7. The average molecular weight is 303 g/mol. The molecule has 0 atom stereocenters. The van der Waals surface area contributed by atoms with Crippen molar-refractivity contribution in [1.82, 2.24) is 24.6 Å². The number of ether oxygens (including phenoxy) is 1. The second-order valence-corrected chi connectivity index (χ2v) is 5.13. The molecule has 2 N–H and O–H groups in total. The molecule has 22 heavy (non-hydrogen) atoms. The number of nitrogens with one attached hydrogen (secondary N) is 2. The van der Waals surface area contributed by atoms with Crippen molar-refractivity contribution in [1.29, 1.82) is 0 Å². The molecule has 1 fully saturated rings. The standard InChI is InChI=1S/C14H21N7O/c1-20-14(2-3-18-20)19-13-10-12(16-11-17-13)15-4-5-21-6-8-22-9-7-21/h2-3,10-11H,4-9H2,1H3,(H2,15,16,17,19). The maximum Gasteiger partial charge on any atom is 0.137 e. The number of rotatable bonds is 6. The lowest BCUT2D eigenvalue weighted by molar-refractivity contribution is 0.0398. The number of hydrogen-bond donors (Lipinski definition) is 2. The van der Waals surface area contributed by atoms with E-state index in [2.05, 4.69) is 30.6 Å². The van der Waals surface area contributed by atoms with Crippen molar-refractivity contribution in [2.45, 2.75) is 0 Å². The third-order valence-corrected chi connectivity index (χ3v) is 3.58. The Labute approximate surface area is 129 Å². The SMILES string of the molecule is Cn1nccc1Nc1cc(NCCN2CCOCC2)ncn1. The molecule has 8 heteroatoms. The number of aromatic nitrogens is 4. The van der Waals surface area contributed by atoms with Crippen LogP contribution in [-0.4, -0.2) is 64.0 Å². The number of aryl methyl sites for hydroxylation is 1. The first kappa shape index (κ1) is 14.7.